The first kappa shape index (κ1) is 13.3. The molecule has 0 aliphatic carbocycles. The molecule has 0 spiro atoms. The molecule has 0 bridgehead atoms. The molecule has 5 nitrogen and oxygen atoms in total. The highest BCUT2D eigenvalue weighted by atomic mass is 32.1. The van der Waals surface area contributed by atoms with Crippen molar-refractivity contribution in [1.29, 1.82) is 0 Å². The second kappa shape index (κ2) is 6.15. The first-order valence-corrected chi connectivity index (χ1v) is 7.03. The number of thiazole rings is 1. The number of carbonyl (C=O) groups is 1. The molecule has 100 valence electrons. The van der Waals surface area contributed by atoms with Crippen molar-refractivity contribution in [3.8, 4) is 0 Å². The summed E-state index contributed by atoms with van der Waals surface area (Å²) in [6.07, 6.45) is 2.01. The van der Waals surface area contributed by atoms with Crippen molar-refractivity contribution in [2.75, 3.05) is 31.8 Å². The third-order valence-corrected chi connectivity index (χ3v) is 3.95. The standard InChI is InChI=1S/C12H18N2O3S/c1-3-17-11(15)10-8-18-12(13-10)14(2)9-4-6-16-7-5-9/h8-9H,3-7H2,1-2H3. The number of nitrogens with zero attached hydrogens (tertiary/aromatic N) is 2. The lowest BCUT2D eigenvalue weighted by atomic mass is 10.1. The summed E-state index contributed by atoms with van der Waals surface area (Å²) in [5.74, 6) is -0.347. The Morgan fingerprint density at radius 1 is 1.61 bits per heavy atom. The Morgan fingerprint density at radius 2 is 2.33 bits per heavy atom. The molecule has 0 unspecified atom stereocenters. The number of rotatable bonds is 4. The van der Waals surface area contributed by atoms with E-state index in [4.69, 9.17) is 9.47 Å². The van der Waals surface area contributed by atoms with Crippen LogP contribution in [0.2, 0.25) is 0 Å². The maximum Gasteiger partial charge on any atom is 0.357 e. The van der Waals surface area contributed by atoms with Gasteiger partial charge in [-0.1, -0.05) is 0 Å². The monoisotopic (exact) mass is 270 g/mol. The lowest BCUT2D eigenvalue weighted by Crippen LogP contribution is -2.36. The first-order valence-electron chi connectivity index (χ1n) is 6.15. The van der Waals surface area contributed by atoms with Gasteiger partial charge in [-0.05, 0) is 19.8 Å². The summed E-state index contributed by atoms with van der Waals surface area (Å²) in [4.78, 5) is 18.0. The van der Waals surface area contributed by atoms with Crippen molar-refractivity contribution in [3.05, 3.63) is 11.1 Å². The van der Waals surface area contributed by atoms with Gasteiger partial charge >= 0.3 is 5.97 Å². The van der Waals surface area contributed by atoms with Crippen molar-refractivity contribution in [2.24, 2.45) is 0 Å². The van der Waals surface area contributed by atoms with Gasteiger partial charge in [0.1, 0.15) is 0 Å². The Hall–Kier alpha value is -1.14. The third-order valence-electron chi connectivity index (χ3n) is 3.02. The van der Waals surface area contributed by atoms with Crippen LogP contribution in [0.4, 0.5) is 5.13 Å². The van der Waals surface area contributed by atoms with E-state index < -0.39 is 0 Å². The fraction of sp³-hybridized carbons (Fsp3) is 0.667. The lowest BCUT2D eigenvalue weighted by Gasteiger charge is -2.30. The Kier molecular flexibility index (Phi) is 4.54. The SMILES string of the molecule is CCOC(=O)c1csc(N(C)C2CCOCC2)n1. The van der Waals surface area contributed by atoms with E-state index in [0.717, 1.165) is 31.2 Å². The molecular weight excluding hydrogens is 252 g/mol. The molecule has 1 aromatic heterocycles. The van der Waals surface area contributed by atoms with Gasteiger partial charge in [0.2, 0.25) is 0 Å². The van der Waals surface area contributed by atoms with Crippen LogP contribution < -0.4 is 4.90 Å². The number of anilines is 1. The number of aromatic nitrogens is 1. The summed E-state index contributed by atoms with van der Waals surface area (Å²) in [5.41, 5.74) is 0.399. The van der Waals surface area contributed by atoms with Gasteiger partial charge in [-0.2, -0.15) is 0 Å². The smallest absolute Gasteiger partial charge is 0.357 e. The highest BCUT2D eigenvalue weighted by molar-refractivity contribution is 7.13. The van der Waals surface area contributed by atoms with Crippen LogP contribution in [0.25, 0.3) is 0 Å². The van der Waals surface area contributed by atoms with Crippen LogP contribution in [0, 0.1) is 0 Å². The Balaban J connectivity index is 2.02. The fourth-order valence-corrected chi connectivity index (χ4v) is 2.79. The summed E-state index contributed by atoms with van der Waals surface area (Å²) in [7, 11) is 2.02. The molecule has 1 aliphatic heterocycles. The van der Waals surface area contributed by atoms with Gasteiger partial charge in [-0.15, -0.1) is 11.3 Å². The zero-order valence-corrected chi connectivity index (χ0v) is 11.5. The largest absolute Gasteiger partial charge is 0.461 e. The predicted molar refractivity (Wildman–Crippen MR) is 70.3 cm³/mol. The number of esters is 1. The third kappa shape index (κ3) is 3.00. The molecule has 1 saturated heterocycles. The lowest BCUT2D eigenvalue weighted by molar-refractivity contribution is 0.0520. The average molecular weight is 270 g/mol. The molecule has 0 atom stereocenters. The van der Waals surface area contributed by atoms with Gasteiger partial charge in [-0.25, -0.2) is 9.78 Å². The molecule has 0 amide bonds. The Morgan fingerprint density at radius 3 is 3.00 bits per heavy atom. The second-order valence-electron chi connectivity index (χ2n) is 4.19. The van der Waals surface area contributed by atoms with E-state index >= 15 is 0 Å². The van der Waals surface area contributed by atoms with E-state index in [9.17, 15) is 4.79 Å². The van der Waals surface area contributed by atoms with E-state index in [1.165, 1.54) is 11.3 Å². The highest BCUT2D eigenvalue weighted by Crippen LogP contribution is 2.25. The van der Waals surface area contributed by atoms with Crippen LogP contribution in [-0.2, 0) is 9.47 Å². The molecule has 1 aromatic rings. The van der Waals surface area contributed by atoms with Gasteiger partial charge in [-0.3, -0.25) is 0 Å². The molecule has 18 heavy (non-hydrogen) atoms. The minimum absolute atomic E-state index is 0.347. The number of carbonyl (C=O) groups excluding carboxylic acids is 1. The average Bonchev–Trinajstić information content (AvgIpc) is 2.89. The summed E-state index contributed by atoms with van der Waals surface area (Å²) < 4.78 is 10.3. The van der Waals surface area contributed by atoms with Crippen LogP contribution in [0.1, 0.15) is 30.3 Å². The highest BCUT2D eigenvalue weighted by Gasteiger charge is 2.22. The van der Waals surface area contributed by atoms with Crippen molar-refractivity contribution >= 4 is 22.4 Å². The predicted octanol–water partition coefficient (Wildman–Crippen LogP) is 1.94. The molecule has 1 aliphatic rings. The van der Waals surface area contributed by atoms with Crippen LogP contribution in [0.3, 0.4) is 0 Å². The van der Waals surface area contributed by atoms with E-state index in [0.29, 0.717) is 18.3 Å². The summed E-state index contributed by atoms with van der Waals surface area (Å²) in [6, 6.07) is 0.444. The molecule has 0 saturated carbocycles. The Labute approximate surface area is 111 Å². The normalized spacial score (nSPS) is 16.6. The van der Waals surface area contributed by atoms with Crippen LogP contribution >= 0.6 is 11.3 Å². The van der Waals surface area contributed by atoms with Crippen molar-refractivity contribution in [3.63, 3.8) is 0 Å². The molecule has 0 radical (unpaired) electrons. The molecule has 0 aromatic carbocycles. The topological polar surface area (TPSA) is 51.7 Å². The van der Waals surface area contributed by atoms with Gasteiger partial charge in [0, 0.05) is 31.7 Å². The van der Waals surface area contributed by atoms with E-state index in [-0.39, 0.29) is 5.97 Å². The summed E-state index contributed by atoms with van der Waals surface area (Å²) >= 11 is 1.48. The molecule has 1 fully saturated rings. The molecular formula is C12H18N2O3S. The van der Waals surface area contributed by atoms with Gasteiger partial charge < -0.3 is 14.4 Å². The first-order chi connectivity index (χ1) is 8.72. The molecule has 2 heterocycles. The number of ether oxygens (including phenoxy) is 2. The van der Waals surface area contributed by atoms with Crippen LogP contribution in [0.15, 0.2) is 5.38 Å². The zero-order valence-electron chi connectivity index (χ0n) is 10.7. The zero-order chi connectivity index (χ0) is 13.0. The molecule has 2 rings (SSSR count). The van der Waals surface area contributed by atoms with Gasteiger partial charge in [0.05, 0.1) is 6.61 Å². The fourth-order valence-electron chi connectivity index (χ4n) is 1.95. The maximum absolute atomic E-state index is 11.5. The van der Waals surface area contributed by atoms with Gasteiger partial charge in [0.25, 0.3) is 0 Å². The minimum Gasteiger partial charge on any atom is -0.461 e. The van der Waals surface area contributed by atoms with Crippen molar-refractivity contribution in [2.45, 2.75) is 25.8 Å². The van der Waals surface area contributed by atoms with Crippen molar-refractivity contribution in [1.82, 2.24) is 4.98 Å². The Bertz CT molecular complexity index is 402. The maximum atomic E-state index is 11.5. The summed E-state index contributed by atoms with van der Waals surface area (Å²) in [5, 5.41) is 2.62. The van der Waals surface area contributed by atoms with E-state index in [1.807, 2.05) is 7.05 Å². The van der Waals surface area contributed by atoms with Crippen LogP contribution in [-0.4, -0.2) is 43.9 Å². The van der Waals surface area contributed by atoms with Crippen LogP contribution in [0.5, 0.6) is 0 Å². The second-order valence-corrected chi connectivity index (χ2v) is 5.03. The number of hydrogen-bond acceptors (Lipinski definition) is 6. The summed E-state index contributed by atoms with van der Waals surface area (Å²) in [6.45, 7) is 3.76. The van der Waals surface area contributed by atoms with E-state index in [1.54, 1.807) is 12.3 Å². The number of hydrogen-bond donors (Lipinski definition) is 0. The molecule has 0 N–H and O–H groups in total. The van der Waals surface area contributed by atoms with Crippen molar-refractivity contribution < 1.29 is 14.3 Å². The van der Waals surface area contributed by atoms with E-state index in [2.05, 4.69) is 9.88 Å². The molecule has 6 heteroatoms. The minimum atomic E-state index is -0.347. The van der Waals surface area contributed by atoms with Gasteiger partial charge in [0.15, 0.2) is 10.8 Å². The quantitative estimate of drug-likeness (QED) is 0.783.